The lowest BCUT2D eigenvalue weighted by Crippen LogP contribution is -2.16. The number of nitrogens with one attached hydrogen (secondary N) is 1. The van der Waals surface area contributed by atoms with E-state index in [1.54, 1.807) is 0 Å². The Morgan fingerprint density at radius 1 is 1.00 bits per heavy atom. The molecule has 0 aliphatic carbocycles. The first-order valence-electron chi connectivity index (χ1n) is 7.14. The van der Waals surface area contributed by atoms with Gasteiger partial charge in [0.15, 0.2) is 0 Å². The van der Waals surface area contributed by atoms with Crippen LogP contribution in [0.2, 0.25) is 5.02 Å². The van der Waals surface area contributed by atoms with Gasteiger partial charge in [0, 0.05) is 10.6 Å². The molecule has 3 rings (SSSR count). The van der Waals surface area contributed by atoms with Crippen molar-refractivity contribution in [3.63, 3.8) is 0 Å². The monoisotopic (exact) mass is 313 g/mol. The van der Waals surface area contributed by atoms with Gasteiger partial charge in [0.2, 0.25) is 11.8 Å². The molecule has 1 N–H and O–H groups in total. The largest absolute Gasteiger partial charge is 0.419 e. The zero-order valence-electron chi connectivity index (χ0n) is 12.0. The SMILES string of the molecule is Clc1cccc(CCNCc2nnc(-c3ccccc3)o2)c1. The molecule has 2 aromatic carbocycles. The minimum atomic E-state index is 0.548. The second-order valence-electron chi connectivity index (χ2n) is 4.92. The highest BCUT2D eigenvalue weighted by Gasteiger charge is 2.07. The van der Waals surface area contributed by atoms with Crippen LogP contribution in [-0.2, 0) is 13.0 Å². The van der Waals surface area contributed by atoms with Gasteiger partial charge in [-0.1, -0.05) is 41.9 Å². The van der Waals surface area contributed by atoms with Crippen molar-refractivity contribution >= 4 is 11.6 Å². The fourth-order valence-corrected chi connectivity index (χ4v) is 2.36. The van der Waals surface area contributed by atoms with Gasteiger partial charge in [0.25, 0.3) is 0 Å². The Bertz CT molecular complexity index is 728. The predicted octanol–water partition coefficient (Wildman–Crippen LogP) is 3.72. The maximum Gasteiger partial charge on any atom is 0.247 e. The molecule has 0 saturated heterocycles. The number of nitrogens with zero attached hydrogens (tertiary/aromatic N) is 2. The third-order valence-electron chi connectivity index (χ3n) is 3.24. The van der Waals surface area contributed by atoms with E-state index in [0.29, 0.717) is 18.3 Å². The molecule has 0 aliphatic heterocycles. The summed E-state index contributed by atoms with van der Waals surface area (Å²) in [7, 11) is 0. The quantitative estimate of drug-likeness (QED) is 0.705. The second-order valence-corrected chi connectivity index (χ2v) is 5.36. The van der Waals surface area contributed by atoms with E-state index in [0.717, 1.165) is 23.6 Å². The van der Waals surface area contributed by atoms with E-state index < -0.39 is 0 Å². The summed E-state index contributed by atoms with van der Waals surface area (Å²) < 4.78 is 5.64. The molecular formula is C17H16ClN3O. The average molecular weight is 314 g/mol. The van der Waals surface area contributed by atoms with E-state index in [2.05, 4.69) is 21.6 Å². The van der Waals surface area contributed by atoms with Crippen molar-refractivity contribution in [2.75, 3.05) is 6.54 Å². The minimum absolute atomic E-state index is 0.548. The van der Waals surface area contributed by atoms with Crippen molar-refractivity contribution in [3.8, 4) is 11.5 Å². The second kappa shape index (κ2) is 7.20. The van der Waals surface area contributed by atoms with Crippen molar-refractivity contribution in [2.24, 2.45) is 0 Å². The number of halogens is 1. The van der Waals surface area contributed by atoms with Gasteiger partial charge in [-0.15, -0.1) is 10.2 Å². The molecule has 5 heteroatoms. The van der Waals surface area contributed by atoms with E-state index in [-0.39, 0.29) is 0 Å². The lowest BCUT2D eigenvalue weighted by molar-refractivity contribution is 0.478. The van der Waals surface area contributed by atoms with Crippen LogP contribution < -0.4 is 5.32 Å². The smallest absolute Gasteiger partial charge is 0.247 e. The van der Waals surface area contributed by atoms with Crippen LogP contribution in [0.15, 0.2) is 59.0 Å². The van der Waals surface area contributed by atoms with Crippen LogP contribution >= 0.6 is 11.6 Å². The number of hydrogen-bond acceptors (Lipinski definition) is 4. The lowest BCUT2D eigenvalue weighted by atomic mass is 10.1. The van der Waals surface area contributed by atoms with Crippen molar-refractivity contribution < 1.29 is 4.42 Å². The van der Waals surface area contributed by atoms with Crippen LogP contribution in [-0.4, -0.2) is 16.7 Å². The van der Waals surface area contributed by atoms with Crippen LogP contribution in [0.1, 0.15) is 11.5 Å². The summed E-state index contributed by atoms with van der Waals surface area (Å²) in [6.45, 7) is 1.38. The first kappa shape index (κ1) is 14.8. The number of hydrogen-bond donors (Lipinski definition) is 1. The molecule has 3 aromatic rings. The van der Waals surface area contributed by atoms with Crippen LogP contribution in [0.3, 0.4) is 0 Å². The van der Waals surface area contributed by atoms with Gasteiger partial charge in [-0.3, -0.25) is 0 Å². The molecule has 0 fully saturated rings. The molecule has 0 bridgehead atoms. The molecular weight excluding hydrogens is 298 g/mol. The highest BCUT2D eigenvalue weighted by atomic mass is 35.5. The molecule has 112 valence electrons. The molecule has 0 unspecified atom stereocenters. The standard InChI is InChI=1S/C17H16ClN3O/c18-15-8-4-5-13(11-15)9-10-19-12-16-20-21-17(22-16)14-6-2-1-3-7-14/h1-8,11,19H,9-10,12H2. The summed E-state index contributed by atoms with van der Waals surface area (Å²) in [5, 5.41) is 12.2. The first-order valence-corrected chi connectivity index (χ1v) is 7.52. The summed E-state index contributed by atoms with van der Waals surface area (Å²) in [5.41, 5.74) is 2.13. The summed E-state index contributed by atoms with van der Waals surface area (Å²) in [6.07, 6.45) is 0.903. The Hall–Kier alpha value is -2.17. The fraction of sp³-hybridized carbons (Fsp3) is 0.176. The highest BCUT2D eigenvalue weighted by molar-refractivity contribution is 6.30. The van der Waals surface area contributed by atoms with Gasteiger partial charge in [-0.05, 0) is 42.8 Å². The van der Waals surface area contributed by atoms with E-state index in [4.69, 9.17) is 16.0 Å². The van der Waals surface area contributed by atoms with Gasteiger partial charge in [0.1, 0.15) is 0 Å². The van der Waals surface area contributed by atoms with Crippen LogP contribution in [0.25, 0.3) is 11.5 Å². The van der Waals surface area contributed by atoms with Gasteiger partial charge < -0.3 is 9.73 Å². The molecule has 22 heavy (non-hydrogen) atoms. The topological polar surface area (TPSA) is 51.0 Å². The van der Waals surface area contributed by atoms with Crippen molar-refractivity contribution in [3.05, 3.63) is 71.1 Å². The third-order valence-corrected chi connectivity index (χ3v) is 3.48. The van der Waals surface area contributed by atoms with Crippen LogP contribution in [0.4, 0.5) is 0 Å². The Morgan fingerprint density at radius 3 is 2.68 bits per heavy atom. The molecule has 1 aromatic heterocycles. The van der Waals surface area contributed by atoms with Gasteiger partial charge in [-0.25, -0.2) is 0 Å². The van der Waals surface area contributed by atoms with Crippen molar-refractivity contribution in [1.29, 1.82) is 0 Å². The Morgan fingerprint density at radius 2 is 1.86 bits per heavy atom. The maximum atomic E-state index is 5.96. The minimum Gasteiger partial charge on any atom is -0.419 e. The van der Waals surface area contributed by atoms with E-state index in [9.17, 15) is 0 Å². The van der Waals surface area contributed by atoms with Crippen molar-refractivity contribution in [2.45, 2.75) is 13.0 Å². The van der Waals surface area contributed by atoms with Crippen LogP contribution in [0, 0.1) is 0 Å². The lowest BCUT2D eigenvalue weighted by Gasteiger charge is -2.03. The van der Waals surface area contributed by atoms with Crippen LogP contribution in [0.5, 0.6) is 0 Å². The zero-order valence-corrected chi connectivity index (χ0v) is 12.8. The normalized spacial score (nSPS) is 10.8. The molecule has 0 aliphatic rings. The summed E-state index contributed by atoms with van der Waals surface area (Å²) >= 11 is 5.96. The summed E-state index contributed by atoms with van der Waals surface area (Å²) in [6, 6.07) is 17.6. The van der Waals surface area contributed by atoms with Gasteiger partial charge in [-0.2, -0.15) is 0 Å². The maximum absolute atomic E-state index is 5.96. The average Bonchev–Trinajstić information content (AvgIpc) is 3.01. The molecule has 1 heterocycles. The van der Waals surface area contributed by atoms with Gasteiger partial charge in [0.05, 0.1) is 6.54 Å². The molecule has 0 spiro atoms. The Kier molecular flexibility index (Phi) is 4.83. The Labute approximate surface area is 134 Å². The molecule has 0 saturated carbocycles. The Balaban J connectivity index is 1.49. The van der Waals surface area contributed by atoms with Gasteiger partial charge >= 0.3 is 0 Å². The summed E-state index contributed by atoms with van der Waals surface area (Å²) in [4.78, 5) is 0. The first-order chi connectivity index (χ1) is 10.8. The van der Waals surface area contributed by atoms with E-state index in [1.807, 2.05) is 48.5 Å². The fourth-order valence-electron chi connectivity index (χ4n) is 2.14. The molecule has 4 nitrogen and oxygen atoms in total. The molecule has 0 amide bonds. The molecule has 0 atom stereocenters. The number of rotatable bonds is 6. The number of aromatic nitrogens is 2. The molecule has 0 radical (unpaired) electrons. The van der Waals surface area contributed by atoms with Crippen molar-refractivity contribution in [1.82, 2.24) is 15.5 Å². The van der Waals surface area contributed by atoms with E-state index in [1.165, 1.54) is 5.56 Å². The van der Waals surface area contributed by atoms with E-state index >= 15 is 0 Å². The summed E-state index contributed by atoms with van der Waals surface area (Å²) in [5.74, 6) is 1.14. The predicted molar refractivity (Wildman–Crippen MR) is 86.6 cm³/mol. The number of benzene rings is 2. The zero-order chi connectivity index (χ0) is 15.2. The highest BCUT2D eigenvalue weighted by Crippen LogP contribution is 2.16. The third kappa shape index (κ3) is 3.93.